The Morgan fingerprint density at radius 2 is 2.05 bits per heavy atom. The number of nitrogen functional groups attached to an aromatic ring is 1. The summed E-state index contributed by atoms with van der Waals surface area (Å²) < 4.78 is 1.04. The molecule has 0 aliphatic carbocycles. The number of unbranched alkanes of at least 4 members (excludes halogenated alkanes) is 2. The number of aliphatic hydroxyl groups excluding tert-OH is 1. The van der Waals surface area contributed by atoms with Crippen molar-refractivity contribution in [1.29, 1.82) is 0 Å². The standard InChI is InChI=1S/C15H20N2O2S/c1-17(9-5-2-6-10-18)15(19)14-13(16)11-7-3-4-8-12(11)20-14/h3-4,7-8,18H,2,5-6,9-10,16H2,1H3. The van der Waals surface area contributed by atoms with Crippen molar-refractivity contribution < 1.29 is 9.90 Å². The van der Waals surface area contributed by atoms with Gasteiger partial charge in [-0.25, -0.2) is 0 Å². The van der Waals surface area contributed by atoms with Crippen molar-refractivity contribution in [2.45, 2.75) is 19.3 Å². The van der Waals surface area contributed by atoms with Crippen LogP contribution >= 0.6 is 11.3 Å². The van der Waals surface area contributed by atoms with Gasteiger partial charge in [0.1, 0.15) is 4.88 Å². The van der Waals surface area contributed by atoms with Gasteiger partial charge in [-0.2, -0.15) is 0 Å². The van der Waals surface area contributed by atoms with Gasteiger partial charge in [0.15, 0.2) is 0 Å². The average Bonchev–Trinajstić information content (AvgIpc) is 2.80. The molecule has 1 aromatic heterocycles. The third-order valence-corrected chi connectivity index (χ3v) is 4.50. The summed E-state index contributed by atoms with van der Waals surface area (Å²) in [4.78, 5) is 14.7. The summed E-state index contributed by atoms with van der Waals surface area (Å²) in [6.45, 7) is 0.896. The monoisotopic (exact) mass is 292 g/mol. The molecule has 0 fully saturated rings. The lowest BCUT2D eigenvalue weighted by atomic mass is 10.2. The summed E-state index contributed by atoms with van der Waals surface area (Å²) >= 11 is 1.45. The first-order valence-corrected chi connectivity index (χ1v) is 7.60. The summed E-state index contributed by atoms with van der Waals surface area (Å²) in [5, 5.41) is 9.69. The first-order chi connectivity index (χ1) is 9.65. The van der Waals surface area contributed by atoms with E-state index in [2.05, 4.69) is 0 Å². The Balaban J connectivity index is 2.08. The molecule has 0 aliphatic rings. The molecule has 3 N–H and O–H groups in total. The molecule has 0 spiro atoms. The van der Waals surface area contributed by atoms with Crippen molar-refractivity contribution in [2.24, 2.45) is 0 Å². The highest BCUT2D eigenvalue weighted by molar-refractivity contribution is 7.21. The fourth-order valence-electron chi connectivity index (χ4n) is 2.14. The van der Waals surface area contributed by atoms with E-state index in [1.807, 2.05) is 24.3 Å². The fraction of sp³-hybridized carbons (Fsp3) is 0.400. The number of amides is 1. The van der Waals surface area contributed by atoms with Crippen LogP contribution in [0.5, 0.6) is 0 Å². The number of carbonyl (C=O) groups excluding carboxylic acids is 1. The molecule has 0 radical (unpaired) electrons. The SMILES string of the molecule is CN(CCCCCO)C(=O)c1sc2ccccc2c1N. The third-order valence-electron chi connectivity index (χ3n) is 3.33. The number of carbonyl (C=O) groups is 1. The van der Waals surface area contributed by atoms with E-state index in [9.17, 15) is 4.79 Å². The van der Waals surface area contributed by atoms with Crippen LogP contribution in [0.1, 0.15) is 28.9 Å². The lowest BCUT2D eigenvalue weighted by molar-refractivity contribution is 0.0798. The maximum absolute atomic E-state index is 12.4. The number of aliphatic hydroxyl groups is 1. The minimum atomic E-state index is -0.0206. The van der Waals surface area contributed by atoms with Crippen molar-refractivity contribution in [1.82, 2.24) is 4.90 Å². The molecule has 0 aliphatic heterocycles. The van der Waals surface area contributed by atoms with Crippen LogP contribution in [0.2, 0.25) is 0 Å². The Labute approximate surface area is 122 Å². The van der Waals surface area contributed by atoms with Gasteiger partial charge in [-0.1, -0.05) is 18.2 Å². The molecule has 4 nitrogen and oxygen atoms in total. The molecule has 20 heavy (non-hydrogen) atoms. The Morgan fingerprint density at radius 3 is 2.75 bits per heavy atom. The molecule has 0 atom stereocenters. The van der Waals surface area contributed by atoms with Gasteiger partial charge in [0, 0.05) is 30.3 Å². The van der Waals surface area contributed by atoms with Crippen LogP contribution in [0, 0.1) is 0 Å². The van der Waals surface area contributed by atoms with Gasteiger partial charge < -0.3 is 15.7 Å². The molecule has 0 saturated heterocycles. The summed E-state index contributed by atoms with van der Waals surface area (Å²) in [5.74, 6) is -0.0206. The smallest absolute Gasteiger partial charge is 0.265 e. The van der Waals surface area contributed by atoms with E-state index >= 15 is 0 Å². The maximum Gasteiger partial charge on any atom is 0.265 e. The number of fused-ring (bicyclic) bond motifs is 1. The summed E-state index contributed by atoms with van der Waals surface area (Å²) in [5.41, 5.74) is 6.67. The predicted octanol–water partition coefficient (Wildman–Crippen LogP) is 2.72. The maximum atomic E-state index is 12.4. The van der Waals surface area contributed by atoms with Gasteiger partial charge in [-0.05, 0) is 25.3 Å². The molecule has 0 bridgehead atoms. The molecule has 2 rings (SSSR count). The van der Waals surface area contributed by atoms with Crippen molar-refractivity contribution in [3.63, 3.8) is 0 Å². The van der Waals surface area contributed by atoms with Crippen LogP contribution in [0.4, 0.5) is 5.69 Å². The van der Waals surface area contributed by atoms with Gasteiger partial charge in [0.25, 0.3) is 5.91 Å². The van der Waals surface area contributed by atoms with Crippen molar-refractivity contribution in [3.8, 4) is 0 Å². The van der Waals surface area contributed by atoms with E-state index in [1.54, 1.807) is 11.9 Å². The van der Waals surface area contributed by atoms with E-state index in [1.165, 1.54) is 11.3 Å². The molecule has 1 amide bonds. The zero-order valence-corrected chi connectivity index (χ0v) is 12.4. The molecule has 0 unspecified atom stereocenters. The van der Waals surface area contributed by atoms with Crippen LogP contribution in [0.3, 0.4) is 0 Å². The number of rotatable bonds is 6. The molecule has 2 aromatic rings. The van der Waals surface area contributed by atoms with Crippen molar-refractivity contribution in [3.05, 3.63) is 29.1 Å². The highest BCUT2D eigenvalue weighted by atomic mass is 32.1. The highest BCUT2D eigenvalue weighted by Gasteiger charge is 2.19. The Morgan fingerprint density at radius 1 is 1.30 bits per heavy atom. The lowest BCUT2D eigenvalue weighted by Gasteiger charge is -2.16. The third kappa shape index (κ3) is 3.11. The van der Waals surface area contributed by atoms with Crippen molar-refractivity contribution in [2.75, 3.05) is 25.9 Å². The first-order valence-electron chi connectivity index (χ1n) is 6.78. The minimum Gasteiger partial charge on any atom is -0.397 e. The largest absolute Gasteiger partial charge is 0.397 e. The topological polar surface area (TPSA) is 66.6 Å². The van der Waals surface area contributed by atoms with Crippen LogP contribution in [0.15, 0.2) is 24.3 Å². The zero-order valence-electron chi connectivity index (χ0n) is 11.6. The highest BCUT2D eigenvalue weighted by Crippen LogP contribution is 2.34. The van der Waals surface area contributed by atoms with Gasteiger partial charge in [-0.3, -0.25) is 4.79 Å². The second kappa shape index (κ2) is 6.72. The molecule has 0 saturated carbocycles. The summed E-state index contributed by atoms with van der Waals surface area (Å²) in [6, 6.07) is 7.80. The van der Waals surface area contributed by atoms with Gasteiger partial charge in [0.2, 0.25) is 0 Å². The number of nitrogens with two attached hydrogens (primary N) is 1. The molecular formula is C15H20N2O2S. The second-order valence-electron chi connectivity index (χ2n) is 4.85. The first kappa shape index (κ1) is 14.8. The quantitative estimate of drug-likeness (QED) is 0.804. The van der Waals surface area contributed by atoms with Crippen molar-refractivity contribution >= 4 is 33.0 Å². The molecular weight excluding hydrogens is 272 g/mol. The van der Waals surface area contributed by atoms with Gasteiger partial charge in [0.05, 0.1) is 5.69 Å². The fourth-order valence-corrected chi connectivity index (χ4v) is 3.25. The Kier molecular flexibility index (Phi) is 4.98. The number of hydrogen-bond acceptors (Lipinski definition) is 4. The zero-order chi connectivity index (χ0) is 14.5. The Hall–Kier alpha value is -1.59. The van der Waals surface area contributed by atoms with Crippen LogP contribution < -0.4 is 5.73 Å². The second-order valence-corrected chi connectivity index (χ2v) is 5.90. The predicted molar refractivity (Wildman–Crippen MR) is 84.1 cm³/mol. The normalized spacial score (nSPS) is 10.9. The molecule has 1 aromatic carbocycles. The van der Waals surface area contributed by atoms with Crippen LogP contribution in [0.25, 0.3) is 10.1 Å². The summed E-state index contributed by atoms with van der Waals surface area (Å²) in [7, 11) is 1.80. The number of benzene rings is 1. The van der Waals surface area contributed by atoms with Crippen LogP contribution in [-0.2, 0) is 0 Å². The molecule has 1 heterocycles. The van der Waals surface area contributed by atoms with E-state index in [-0.39, 0.29) is 12.5 Å². The average molecular weight is 292 g/mol. The van der Waals surface area contributed by atoms with E-state index in [0.29, 0.717) is 17.1 Å². The van der Waals surface area contributed by atoms with E-state index < -0.39 is 0 Å². The number of nitrogens with zero attached hydrogens (tertiary/aromatic N) is 1. The molecule has 5 heteroatoms. The van der Waals surface area contributed by atoms with Gasteiger partial charge >= 0.3 is 0 Å². The van der Waals surface area contributed by atoms with Crippen LogP contribution in [-0.4, -0.2) is 36.1 Å². The number of anilines is 1. The van der Waals surface area contributed by atoms with E-state index in [0.717, 1.165) is 29.3 Å². The minimum absolute atomic E-state index is 0.0206. The molecule has 108 valence electrons. The Bertz CT molecular complexity index is 595. The number of hydrogen-bond donors (Lipinski definition) is 2. The summed E-state index contributed by atoms with van der Waals surface area (Å²) in [6.07, 6.45) is 2.61. The van der Waals surface area contributed by atoms with Gasteiger partial charge in [-0.15, -0.1) is 11.3 Å². The number of thiophene rings is 1. The van der Waals surface area contributed by atoms with E-state index in [4.69, 9.17) is 10.8 Å². The lowest BCUT2D eigenvalue weighted by Crippen LogP contribution is -2.27.